The lowest BCUT2D eigenvalue weighted by molar-refractivity contribution is -0.114. The van der Waals surface area contributed by atoms with Crippen LogP contribution in [0.1, 0.15) is 40.0 Å². The van der Waals surface area contributed by atoms with E-state index in [-0.39, 0.29) is 5.78 Å². The van der Waals surface area contributed by atoms with Crippen molar-refractivity contribution in [2.24, 2.45) is 0 Å². The minimum Gasteiger partial charge on any atom is -0.300 e. The lowest BCUT2D eigenvalue weighted by Gasteiger charge is -2.03. The quantitative estimate of drug-likeness (QED) is 0.645. The molecule has 0 aromatic carbocycles. The van der Waals surface area contributed by atoms with Gasteiger partial charge in [-0.05, 0) is 50.5 Å². The Kier molecular flexibility index (Phi) is 10.5. The highest BCUT2D eigenvalue weighted by Gasteiger charge is 1.95. The van der Waals surface area contributed by atoms with Crippen molar-refractivity contribution in [2.75, 3.05) is 5.75 Å². The smallest absolute Gasteiger partial charge is 0.126 e. The topological polar surface area (TPSA) is 17.1 Å². The van der Waals surface area contributed by atoms with Crippen LogP contribution in [0.3, 0.4) is 0 Å². The minimum absolute atomic E-state index is 0.167. The highest BCUT2D eigenvalue weighted by Crippen LogP contribution is 2.18. The summed E-state index contributed by atoms with van der Waals surface area (Å²) in [6.45, 7) is 9.26. The van der Waals surface area contributed by atoms with Crippen LogP contribution >= 0.6 is 11.8 Å². The lowest BCUT2D eigenvalue weighted by Crippen LogP contribution is -1.82. The van der Waals surface area contributed by atoms with E-state index in [4.69, 9.17) is 0 Å². The zero-order valence-corrected chi connectivity index (χ0v) is 12.6. The molecule has 0 aromatic heterocycles. The number of hydrogen-bond acceptors (Lipinski definition) is 2. The molecule has 0 unspecified atom stereocenters. The van der Waals surface area contributed by atoms with E-state index in [1.807, 2.05) is 11.8 Å². The molecule has 1 rings (SSSR count). The van der Waals surface area contributed by atoms with Gasteiger partial charge in [0.15, 0.2) is 0 Å². The van der Waals surface area contributed by atoms with Crippen LogP contribution < -0.4 is 0 Å². The Bertz CT molecular complexity index is 344. The highest BCUT2D eigenvalue weighted by atomic mass is 32.2. The van der Waals surface area contributed by atoms with Crippen molar-refractivity contribution < 1.29 is 4.79 Å². The van der Waals surface area contributed by atoms with Crippen LogP contribution in [0.25, 0.3) is 0 Å². The lowest BCUT2D eigenvalue weighted by atomic mass is 10.1. The Hall–Kier alpha value is -1.02. The Morgan fingerprint density at radius 1 is 1.50 bits per heavy atom. The van der Waals surface area contributed by atoms with Crippen molar-refractivity contribution in [1.29, 1.82) is 0 Å². The average Bonchev–Trinajstić information content (AvgIpc) is 2.34. The SMILES string of the molecule is C=C(/C=C/C1=CC=CCC1)SCCC.CC(C)=O. The third-order valence-electron chi connectivity index (χ3n) is 2.02. The second-order valence-electron chi connectivity index (χ2n) is 4.26. The van der Waals surface area contributed by atoms with E-state index in [1.165, 1.54) is 49.3 Å². The molecule has 100 valence electrons. The highest BCUT2D eigenvalue weighted by molar-refractivity contribution is 8.03. The summed E-state index contributed by atoms with van der Waals surface area (Å²) in [6, 6.07) is 0. The maximum absolute atomic E-state index is 9.44. The molecular weight excluding hydrogens is 240 g/mol. The van der Waals surface area contributed by atoms with Gasteiger partial charge >= 0.3 is 0 Å². The van der Waals surface area contributed by atoms with Crippen molar-refractivity contribution in [2.45, 2.75) is 40.0 Å². The van der Waals surface area contributed by atoms with Gasteiger partial charge in [-0.3, -0.25) is 0 Å². The molecule has 0 saturated carbocycles. The third-order valence-corrected chi connectivity index (χ3v) is 3.14. The van der Waals surface area contributed by atoms with Crippen LogP contribution in [-0.2, 0) is 4.79 Å². The van der Waals surface area contributed by atoms with Gasteiger partial charge in [-0.15, -0.1) is 11.8 Å². The first-order valence-corrected chi connectivity index (χ1v) is 7.37. The number of hydrogen-bond donors (Lipinski definition) is 0. The summed E-state index contributed by atoms with van der Waals surface area (Å²) in [4.78, 5) is 10.6. The minimum atomic E-state index is 0.167. The second-order valence-corrected chi connectivity index (χ2v) is 5.49. The van der Waals surface area contributed by atoms with Gasteiger partial charge in [-0.1, -0.05) is 37.8 Å². The molecule has 0 atom stereocenters. The third kappa shape index (κ3) is 11.5. The standard InChI is InChI=1S/C13H18S.C3H6O/c1-3-11-14-12(2)9-10-13-7-5-4-6-8-13;1-3(2)4/h4-5,7,9-10H,2-3,6,8,11H2,1H3;1-2H3/b10-9+;. The van der Waals surface area contributed by atoms with Gasteiger partial charge in [-0.2, -0.15) is 0 Å². The first-order valence-electron chi connectivity index (χ1n) is 6.39. The first-order chi connectivity index (χ1) is 8.56. The van der Waals surface area contributed by atoms with E-state index in [2.05, 4.69) is 43.9 Å². The van der Waals surface area contributed by atoms with Crippen LogP contribution in [0.2, 0.25) is 0 Å². The number of carbonyl (C=O) groups is 1. The molecule has 0 radical (unpaired) electrons. The number of allylic oxidation sites excluding steroid dienone is 6. The van der Waals surface area contributed by atoms with Crippen LogP contribution in [0, 0.1) is 0 Å². The molecule has 1 nitrogen and oxygen atoms in total. The molecule has 18 heavy (non-hydrogen) atoms. The van der Waals surface area contributed by atoms with Crippen molar-refractivity contribution in [1.82, 2.24) is 0 Å². The summed E-state index contributed by atoms with van der Waals surface area (Å²) in [5, 5.41) is 0. The molecule has 0 spiro atoms. The van der Waals surface area contributed by atoms with Crippen LogP contribution in [0.4, 0.5) is 0 Å². The molecule has 1 aliphatic carbocycles. The second kappa shape index (κ2) is 11.1. The summed E-state index contributed by atoms with van der Waals surface area (Å²) < 4.78 is 0. The molecule has 2 heteroatoms. The zero-order valence-electron chi connectivity index (χ0n) is 11.7. The van der Waals surface area contributed by atoms with Gasteiger partial charge in [0.1, 0.15) is 5.78 Å². The van der Waals surface area contributed by atoms with Crippen molar-refractivity contribution >= 4 is 17.5 Å². The summed E-state index contributed by atoms with van der Waals surface area (Å²) in [6.07, 6.45) is 14.4. The monoisotopic (exact) mass is 264 g/mol. The predicted octanol–water partition coefficient (Wildman–Crippen LogP) is 5.07. The fourth-order valence-electron chi connectivity index (χ4n) is 1.24. The van der Waals surface area contributed by atoms with E-state index in [1.54, 1.807) is 0 Å². The van der Waals surface area contributed by atoms with E-state index < -0.39 is 0 Å². The van der Waals surface area contributed by atoms with Gasteiger partial charge in [-0.25, -0.2) is 0 Å². The molecule has 0 aromatic rings. The maximum Gasteiger partial charge on any atom is 0.126 e. The normalized spacial score (nSPS) is 13.8. The van der Waals surface area contributed by atoms with E-state index >= 15 is 0 Å². The van der Waals surface area contributed by atoms with Crippen LogP contribution in [-0.4, -0.2) is 11.5 Å². The van der Waals surface area contributed by atoms with E-state index in [0.29, 0.717) is 0 Å². The van der Waals surface area contributed by atoms with Crippen molar-refractivity contribution in [3.8, 4) is 0 Å². The molecule has 0 aliphatic heterocycles. The van der Waals surface area contributed by atoms with Crippen LogP contribution in [0.5, 0.6) is 0 Å². The summed E-state index contributed by atoms with van der Waals surface area (Å²) >= 11 is 1.84. The molecule has 0 fully saturated rings. The first kappa shape index (κ1) is 17.0. The van der Waals surface area contributed by atoms with Crippen molar-refractivity contribution in [3.63, 3.8) is 0 Å². The number of rotatable bonds is 5. The molecule has 1 aliphatic rings. The molecule has 0 heterocycles. The fraction of sp³-hybridized carbons (Fsp3) is 0.438. The Morgan fingerprint density at radius 2 is 2.17 bits per heavy atom. The van der Waals surface area contributed by atoms with Crippen molar-refractivity contribution in [3.05, 3.63) is 47.4 Å². The molecule has 0 N–H and O–H groups in total. The summed E-state index contributed by atoms with van der Waals surface area (Å²) in [5.74, 6) is 1.34. The zero-order chi connectivity index (χ0) is 13.8. The van der Waals surface area contributed by atoms with E-state index in [9.17, 15) is 4.79 Å². The van der Waals surface area contributed by atoms with Crippen LogP contribution in [0.15, 0.2) is 47.4 Å². The van der Waals surface area contributed by atoms with Gasteiger partial charge < -0.3 is 4.79 Å². The fourth-order valence-corrected chi connectivity index (χ4v) is 1.87. The van der Waals surface area contributed by atoms with Gasteiger partial charge in [0.05, 0.1) is 0 Å². The number of ketones is 1. The van der Waals surface area contributed by atoms with Gasteiger partial charge in [0.2, 0.25) is 0 Å². The van der Waals surface area contributed by atoms with E-state index in [0.717, 1.165) is 0 Å². The summed E-state index contributed by atoms with van der Waals surface area (Å²) in [7, 11) is 0. The summed E-state index contributed by atoms with van der Waals surface area (Å²) in [5.41, 5.74) is 1.41. The predicted molar refractivity (Wildman–Crippen MR) is 83.8 cm³/mol. The Morgan fingerprint density at radius 3 is 2.67 bits per heavy atom. The number of thioether (sulfide) groups is 1. The number of carbonyl (C=O) groups excluding carboxylic acids is 1. The molecular formula is C16H24OS. The van der Waals surface area contributed by atoms with Gasteiger partial charge in [0.25, 0.3) is 0 Å². The average molecular weight is 264 g/mol. The van der Waals surface area contributed by atoms with Gasteiger partial charge in [0, 0.05) is 4.91 Å². The number of Topliss-reactive ketones (excluding diaryl/α,β-unsaturated/α-hetero) is 1. The molecule has 0 amide bonds. The Balaban J connectivity index is 0.000000631. The molecule has 0 bridgehead atoms. The Labute approximate surface area is 116 Å². The largest absolute Gasteiger partial charge is 0.300 e. The molecule has 0 saturated heterocycles. The maximum atomic E-state index is 9.44.